The molecule has 1 atom stereocenters. The number of carbonyl (C=O) groups is 2. The zero-order valence-electron chi connectivity index (χ0n) is 24.5. The van der Waals surface area contributed by atoms with Crippen molar-refractivity contribution < 1.29 is 28.9 Å². The second kappa shape index (κ2) is 15.6. The SMILES string of the molecule is CCCCCOc1ccc(C2/C(=C(\O)c3cccc(OCCCC)c3)C(=O)C(=O)N2CCCN2CCOCC2)cc1. The van der Waals surface area contributed by atoms with Crippen LogP contribution in [-0.4, -0.2) is 79.2 Å². The number of carbonyl (C=O) groups excluding carboxylic acids is 2. The zero-order chi connectivity index (χ0) is 29.0. The molecule has 2 aromatic rings. The van der Waals surface area contributed by atoms with Crippen molar-refractivity contribution in [1.82, 2.24) is 9.80 Å². The molecule has 2 aliphatic rings. The normalized spacial score (nSPS) is 19.1. The number of ether oxygens (including phenoxy) is 3. The van der Waals surface area contributed by atoms with E-state index in [1.54, 1.807) is 23.1 Å². The largest absolute Gasteiger partial charge is 0.507 e. The molecule has 1 amide bonds. The molecule has 0 aromatic heterocycles. The van der Waals surface area contributed by atoms with Gasteiger partial charge in [-0.15, -0.1) is 0 Å². The molecule has 2 fully saturated rings. The van der Waals surface area contributed by atoms with Gasteiger partial charge in [-0.1, -0.05) is 57.4 Å². The van der Waals surface area contributed by atoms with E-state index >= 15 is 0 Å². The van der Waals surface area contributed by atoms with Crippen molar-refractivity contribution in [1.29, 1.82) is 0 Å². The molecule has 8 nitrogen and oxygen atoms in total. The van der Waals surface area contributed by atoms with E-state index in [1.165, 1.54) is 0 Å². The number of hydrogen-bond donors (Lipinski definition) is 1. The number of unbranched alkanes of at least 4 members (excludes halogenated alkanes) is 3. The van der Waals surface area contributed by atoms with E-state index in [0.717, 1.165) is 63.1 Å². The van der Waals surface area contributed by atoms with E-state index in [-0.39, 0.29) is 11.3 Å². The standard InChI is InChI=1S/C33H44N2O6/c1-3-5-7-21-40-27-14-12-25(13-15-27)30-29(31(36)26-10-8-11-28(24-26)41-20-6-4-2)32(37)33(38)35(30)17-9-16-34-18-22-39-23-19-34/h8,10-15,24,30,36H,3-7,9,16-23H2,1-2H3/b31-29+. The Bertz CT molecular complexity index is 1170. The lowest BCUT2D eigenvalue weighted by molar-refractivity contribution is -0.140. The highest BCUT2D eigenvalue weighted by Gasteiger charge is 2.45. The van der Waals surface area contributed by atoms with Crippen molar-refractivity contribution in [2.45, 2.75) is 58.4 Å². The van der Waals surface area contributed by atoms with Gasteiger partial charge < -0.3 is 24.2 Å². The Labute approximate surface area is 243 Å². The second-order valence-corrected chi connectivity index (χ2v) is 10.7. The second-order valence-electron chi connectivity index (χ2n) is 10.7. The van der Waals surface area contributed by atoms with Gasteiger partial charge >= 0.3 is 0 Å². The van der Waals surface area contributed by atoms with Gasteiger partial charge in [-0.3, -0.25) is 14.5 Å². The van der Waals surface area contributed by atoms with Gasteiger partial charge in [0.05, 0.1) is 38.0 Å². The van der Waals surface area contributed by atoms with Crippen molar-refractivity contribution >= 4 is 17.4 Å². The van der Waals surface area contributed by atoms with E-state index < -0.39 is 17.7 Å². The Kier molecular flexibility index (Phi) is 11.6. The van der Waals surface area contributed by atoms with Crippen molar-refractivity contribution in [3.63, 3.8) is 0 Å². The van der Waals surface area contributed by atoms with Crippen molar-refractivity contribution in [3.8, 4) is 11.5 Å². The van der Waals surface area contributed by atoms with Gasteiger partial charge in [0, 0.05) is 31.7 Å². The van der Waals surface area contributed by atoms with Crippen LogP contribution >= 0.6 is 0 Å². The predicted molar refractivity (Wildman–Crippen MR) is 159 cm³/mol. The number of nitrogens with zero attached hydrogens (tertiary/aromatic N) is 2. The summed E-state index contributed by atoms with van der Waals surface area (Å²) in [6, 6.07) is 13.9. The highest BCUT2D eigenvalue weighted by molar-refractivity contribution is 6.46. The Hall–Kier alpha value is -3.36. The fourth-order valence-electron chi connectivity index (χ4n) is 5.26. The van der Waals surface area contributed by atoms with Crippen LogP contribution in [0.3, 0.4) is 0 Å². The fraction of sp³-hybridized carbons (Fsp3) is 0.515. The molecule has 2 heterocycles. The van der Waals surface area contributed by atoms with Crippen LogP contribution in [0, 0.1) is 0 Å². The Balaban J connectivity index is 1.61. The quantitative estimate of drug-likeness (QED) is 0.131. The summed E-state index contributed by atoms with van der Waals surface area (Å²) in [5, 5.41) is 11.5. The average molecular weight is 565 g/mol. The number of aliphatic hydroxyl groups is 1. The molecule has 0 spiro atoms. The van der Waals surface area contributed by atoms with Crippen molar-refractivity contribution in [2.75, 3.05) is 52.6 Å². The molecular weight excluding hydrogens is 520 g/mol. The molecule has 0 bridgehead atoms. The molecule has 8 heteroatoms. The molecular formula is C33H44N2O6. The van der Waals surface area contributed by atoms with Crippen molar-refractivity contribution in [2.24, 2.45) is 0 Å². The predicted octanol–water partition coefficient (Wildman–Crippen LogP) is 5.58. The molecule has 0 saturated carbocycles. The Morgan fingerprint density at radius 2 is 1.59 bits per heavy atom. The summed E-state index contributed by atoms with van der Waals surface area (Å²) in [5.41, 5.74) is 1.31. The fourth-order valence-corrected chi connectivity index (χ4v) is 5.26. The number of hydrogen-bond acceptors (Lipinski definition) is 7. The molecule has 2 saturated heterocycles. The van der Waals surface area contributed by atoms with E-state index in [2.05, 4.69) is 18.7 Å². The minimum atomic E-state index is -0.696. The first kappa shape index (κ1) is 30.6. The van der Waals surface area contributed by atoms with Crippen LogP contribution in [0.4, 0.5) is 0 Å². The number of amides is 1. The van der Waals surface area contributed by atoms with Crippen LogP contribution in [0.1, 0.15) is 69.5 Å². The van der Waals surface area contributed by atoms with Gasteiger partial charge in [-0.25, -0.2) is 0 Å². The van der Waals surface area contributed by atoms with Gasteiger partial charge in [0.25, 0.3) is 11.7 Å². The topological polar surface area (TPSA) is 88.5 Å². The molecule has 1 unspecified atom stereocenters. The number of ketones is 1. The number of benzene rings is 2. The van der Waals surface area contributed by atoms with Crippen LogP contribution in [0.25, 0.3) is 5.76 Å². The third-order valence-corrected chi connectivity index (χ3v) is 7.60. The summed E-state index contributed by atoms with van der Waals surface area (Å²) < 4.78 is 17.2. The maximum absolute atomic E-state index is 13.5. The first-order chi connectivity index (χ1) is 20.0. The van der Waals surface area contributed by atoms with Crippen LogP contribution in [-0.2, 0) is 14.3 Å². The summed E-state index contributed by atoms with van der Waals surface area (Å²) in [4.78, 5) is 30.7. The van der Waals surface area contributed by atoms with E-state index in [9.17, 15) is 14.7 Å². The third kappa shape index (κ3) is 8.11. The lowest BCUT2D eigenvalue weighted by atomic mass is 9.95. The molecule has 41 heavy (non-hydrogen) atoms. The number of aliphatic hydroxyl groups excluding tert-OH is 1. The first-order valence-electron chi connectivity index (χ1n) is 15.1. The van der Waals surface area contributed by atoms with E-state index in [1.807, 2.05) is 30.3 Å². The summed E-state index contributed by atoms with van der Waals surface area (Å²) in [6.45, 7) is 9.80. The molecule has 1 N–H and O–H groups in total. The number of rotatable bonds is 15. The van der Waals surface area contributed by atoms with Gasteiger partial charge in [0.1, 0.15) is 17.3 Å². The summed E-state index contributed by atoms with van der Waals surface area (Å²) in [7, 11) is 0. The average Bonchev–Trinajstić information content (AvgIpc) is 3.25. The monoisotopic (exact) mass is 564 g/mol. The third-order valence-electron chi connectivity index (χ3n) is 7.60. The Morgan fingerprint density at radius 3 is 2.32 bits per heavy atom. The minimum absolute atomic E-state index is 0.101. The maximum Gasteiger partial charge on any atom is 0.295 e. The van der Waals surface area contributed by atoms with Crippen LogP contribution < -0.4 is 9.47 Å². The molecule has 222 valence electrons. The number of morpholine rings is 1. The number of Topliss-reactive ketones (excluding diaryl/α,β-unsaturated/α-hetero) is 1. The lowest BCUT2D eigenvalue weighted by Gasteiger charge is -2.29. The maximum atomic E-state index is 13.5. The molecule has 0 radical (unpaired) electrons. The summed E-state index contributed by atoms with van der Waals surface area (Å²) >= 11 is 0. The van der Waals surface area contributed by atoms with Crippen LogP contribution in [0.2, 0.25) is 0 Å². The van der Waals surface area contributed by atoms with Crippen molar-refractivity contribution in [3.05, 3.63) is 65.2 Å². The highest BCUT2D eigenvalue weighted by atomic mass is 16.5. The lowest BCUT2D eigenvalue weighted by Crippen LogP contribution is -2.38. The van der Waals surface area contributed by atoms with Crippen LogP contribution in [0.15, 0.2) is 54.1 Å². The zero-order valence-corrected chi connectivity index (χ0v) is 24.5. The van der Waals surface area contributed by atoms with Gasteiger partial charge in [-0.2, -0.15) is 0 Å². The first-order valence-corrected chi connectivity index (χ1v) is 15.1. The smallest absolute Gasteiger partial charge is 0.295 e. The number of likely N-dealkylation sites (tertiary alicyclic amines) is 1. The summed E-state index contributed by atoms with van der Waals surface area (Å²) in [6.07, 6.45) is 5.87. The Morgan fingerprint density at radius 1 is 0.878 bits per heavy atom. The molecule has 2 aliphatic heterocycles. The molecule has 2 aromatic carbocycles. The minimum Gasteiger partial charge on any atom is -0.507 e. The molecule has 0 aliphatic carbocycles. The van der Waals surface area contributed by atoms with Crippen LogP contribution in [0.5, 0.6) is 11.5 Å². The summed E-state index contributed by atoms with van der Waals surface area (Å²) in [5.74, 6) is -0.0934. The van der Waals surface area contributed by atoms with Gasteiger partial charge in [0.2, 0.25) is 0 Å². The highest BCUT2D eigenvalue weighted by Crippen LogP contribution is 2.40. The van der Waals surface area contributed by atoms with E-state index in [0.29, 0.717) is 50.7 Å². The molecule has 4 rings (SSSR count). The van der Waals surface area contributed by atoms with E-state index in [4.69, 9.17) is 14.2 Å². The van der Waals surface area contributed by atoms with Gasteiger partial charge in [0.15, 0.2) is 0 Å². The van der Waals surface area contributed by atoms with Gasteiger partial charge in [-0.05, 0) is 49.1 Å².